The van der Waals surface area contributed by atoms with Gasteiger partial charge in [-0.05, 0) is 0 Å². The molecule has 4 heteroatoms. The Balaban J connectivity index is 3.50. The molecule has 0 bridgehead atoms. The first-order chi connectivity index (χ1) is 4.04. The minimum Gasteiger partial charge on any atom is -0.479 e. The Morgan fingerprint density at radius 1 is 1.67 bits per heavy atom. The number of rotatable bonds is 3. The molecule has 0 fully saturated rings. The molecule has 0 aromatic rings. The zero-order valence-electron chi connectivity index (χ0n) is 5.50. The number of aliphatic carboxylic acids is 1. The first-order valence-corrected chi connectivity index (χ1v) is 3.62. The molecular formula is C5H11NO2S. The highest BCUT2D eigenvalue weighted by Crippen LogP contribution is 2.12. The van der Waals surface area contributed by atoms with Gasteiger partial charge >= 0.3 is 5.97 Å². The topological polar surface area (TPSA) is 63.3 Å². The van der Waals surface area contributed by atoms with Crippen LogP contribution in [0.4, 0.5) is 0 Å². The molecule has 0 rings (SSSR count). The van der Waals surface area contributed by atoms with Gasteiger partial charge in [-0.25, -0.2) is 4.79 Å². The summed E-state index contributed by atoms with van der Waals surface area (Å²) in [6.45, 7) is 3.82. The SMILES string of the molecule is CC(C)SC(N)C(=O)O. The van der Waals surface area contributed by atoms with E-state index in [1.54, 1.807) is 0 Å². The fourth-order valence-electron chi connectivity index (χ4n) is 0.351. The van der Waals surface area contributed by atoms with Crippen molar-refractivity contribution in [3.8, 4) is 0 Å². The third-order valence-electron chi connectivity index (χ3n) is 0.662. The van der Waals surface area contributed by atoms with Crippen LogP contribution >= 0.6 is 11.8 Å². The summed E-state index contributed by atoms with van der Waals surface area (Å²) in [7, 11) is 0. The maximum Gasteiger partial charge on any atom is 0.330 e. The molecule has 0 heterocycles. The van der Waals surface area contributed by atoms with Gasteiger partial charge in [-0.15, -0.1) is 11.8 Å². The van der Waals surface area contributed by atoms with Crippen molar-refractivity contribution in [3.05, 3.63) is 0 Å². The number of thioether (sulfide) groups is 1. The quantitative estimate of drug-likeness (QED) is 0.573. The van der Waals surface area contributed by atoms with Crippen LogP contribution in [-0.2, 0) is 4.79 Å². The van der Waals surface area contributed by atoms with Crippen LogP contribution in [0.25, 0.3) is 0 Å². The van der Waals surface area contributed by atoms with Gasteiger partial charge in [0.05, 0.1) is 0 Å². The molecule has 3 nitrogen and oxygen atoms in total. The average Bonchev–Trinajstić information content (AvgIpc) is 1.63. The predicted octanol–water partition coefficient (Wildman–Crippen LogP) is 0.497. The van der Waals surface area contributed by atoms with Crippen LogP contribution in [0.1, 0.15) is 13.8 Å². The van der Waals surface area contributed by atoms with Gasteiger partial charge in [0.2, 0.25) is 0 Å². The molecule has 54 valence electrons. The molecule has 9 heavy (non-hydrogen) atoms. The number of carboxylic acid groups (broad SMARTS) is 1. The molecule has 0 aromatic heterocycles. The van der Waals surface area contributed by atoms with Gasteiger partial charge in [0.25, 0.3) is 0 Å². The standard InChI is InChI=1S/C5H11NO2S/c1-3(2)9-4(6)5(7)8/h3-4H,6H2,1-2H3,(H,7,8). The van der Waals surface area contributed by atoms with Crippen LogP contribution in [0.3, 0.4) is 0 Å². The largest absolute Gasteiger partial charge is 0.479 e. The maximum atomic E-state index is 10.1. The summed E-state index contributed by atoms with van der Waals surface area (Å²) >= 11 is 1.24. The van der Waals surface area contributed by atoms with Crippen molar-refractivity contribution in [2.75, 3.05) is 0 Å². The number of hydrogen-bond donors (Lipinski definition) is 2. The van der Waals surface area contributed by atoms with Crippen molar-refractivity contribution in [2.45, 2.75) is 24.5 Å². The Labute approximate surface area is 58.6 Å². The minimum absolute atomic E-state index is 0.274. The van der Waals surface area contributed by atoms with Crippen molar-refractivity contribution in [1.29, 1.82) is 0 Å². The van der Waals surface area contributed by atoms with Crippen LogP contribution in [0.15, 0.2) is 0 Å². The van der Waals surface area contributed by atoms with Gasteiger partial charge in [0.15, 0.2) is 5.37 Å². The Morgan fingerprint density at radius 3 is 2.22 bits per heavy atom. The summed E-state index contributed by atoms with van der Waals surface area (Å²) in [5.41, 5.74) is 5.18. The molecule has 1 atom stereocenters. The van der Waals surface area contributed by atoms with E-state index in [1.807, 2.05) is 13.8 Å². The molecule has 0 aromatic carbocycles. The lowest BCUT2D eigenvalue weighted by atomic mass is 10.6. The first-order valence-electron chi connectivity index (χ1n) is 2.68. The van der Waals surface area contributed by atoms with E-state index >= 15 is 0 Å². The van der Waals surface area contributed by atoms with Crippen molar-refractivity contribution in [3.63, 3.8) is 0 Å². The maximum absolute atomic E-state index is 10.1. The highest BCUT2D eigenvalue weighted by atomic mass is 32.2. The van der Waals surface area contributed by atoms with Crippen molar-refractivity contribution >= 4 is 17.7 Å². The predicted molar refractivity (Wildman–Crippen MR) is 38.3 cm³/mol. The number of hydrogen-bond acceptors (Lipinski definition) is 3. The number of nitrogens with two attached hydrogens (primary N) is 1. The molecule has 3 N–H and O–H groups in total. The van der Waals surface area contributed by atoms with Crippen LogP contribution in [0.2, 0.25) is 0 Å². The van der Waals surface area contributed by atoms with Crippen molar-refractivity contribution in [2.24, 2.45) is 5.73 Å². The number of carboxylic acids is 1. The van der Waals surface area contributed by atoms with Crippen LogP contribution in [0.5, 0.6) is 0 Å². The van der Waals surface area contributed by atoms with Crippen molar-refractivity contribution in [1.82, 2.24) is 0 Å². The van der Waals surface area contributed by atoms with E-state index in [1.165, 1.54) is 11.8 Å². The van der Waals surface area contributed by atoms with E-state index in [-0.39, 0.29) is 5.25 Å². The monoisotopic (exact) mass is 149 g/mol. The first kappa shape index (κ1) is 8.78. The Morgan fingerprint density at radius 2 is 2.11 bits per heavy atom. The summed E-state index contributed by atoms with van der Waals surface area (Å²) in [6, 6.07) is 0. The van der Waals surface area contributed by atoms with Crippen LogP contribution < -0.4 is 5.73 Å². The van der Waals surface area contributed by atoms with Crippen LogP contribution in [0, 0.1) is 0 Å². The summed E-state index contributed by atoms with van der Waals surface area (Å²) in [5.74, 6) is -0.950. The third kappa shape index (κ3) is 4.29. The van der Waals surface area contributed by atoms with Gasteiger partial charge in [-0.3, -0.25) is 0 Å². The molecule has 0 saturated heterocycles. The summed E-state index contributed by atoms with van der Waals surface area (Å²) < 4.78 is 0. The van der Waals surface area contributed by atoms with E-state index < -0.39 is 11.3 Å². The molecule has 1 unspecified atom stereocenters. The summed E-state index contributed by atoms with van der Waals surface area (Å²) in [4.78, 5) is 10.1. The summed E-state index contributed by atoms with van der Waals surface area (Å²) in [6.07, 6.45) is 0. The lowest BCUT2D eigenvalue weighted by Gasteiger charge is -2.07. The Kier molecular flexibility index (Phi) is 3.65. The van der Waals surface area contributed by atoms with Gasteiger partial charge in [-0.1, -0.05) is 13.8 Å². The second kappa shape index (κ2) is 3.74. The van der Waals surface area contributed by atoms with Gasteiger partial charge in [-0.2, -0.15) is 0 Å². The fourth-order valence-corrected chi connectivity index (χ4v) is 1.05. The van der Waals surface area contributed by atoms with E-state index in [9.17, 15) is 4.79 Å². The van der Waals surface area contributed by atoms with E-state index in [4.69, 9.17) is 10.8 Å². The van der Waals surface area contributed by atoms with Crippen LogP contribution in [-0.4, -0.2) is 21.7 Å². The molecule has 0 aliphatic carbocycles. The third-order valence-corrected chi connectivity index (χ3v) is 1.70. The average molecular weight is 149 g/mol. The molecule has 0 amide bonds. The van der Waals surface area contributed by atoms with E-state index in [0.717, 1.165) is 0 Å². The Hall–Kier alpha value is -0.220. The van der Waals surface area contributed by atoms with Crippen molar-refractivity contribution < 1.29 is 9.90 Å². The minimum atomic E-state index is -0.950. The van der Waals surface area contributed by atoms with E-state index in [2.05, 4.69) is 0 Å². The second-order valence-electron chi connectivity index (χ2n) is 1.94. The van der Waals surface area contributed by atoms with E-state index in [0.29, 0.717) is 0 Å². The molecule has 0 aliphatic rings. The zero-order chi connectivity index (χ0) is 7.44. The second-order valence-corrected chi connectivity index (χ2v) is 3.67. The normalized spacial score (nSPS) is 13.8. The Bertz CT molecular complexity index is 105. The summed E-state index contributed by atoms with van der Waals surface area (Å²) in [5, 5.41) is 7.79. The zero-order valence-corrected chi connectivity index (χ0v) is 6.31. The lowest BCUT2D eigenvalue weighted by Crippen LogP contribution is -2.27. The van der Waals surface area contributed by atoms with Gasteiger partial charge < -0.3 is 10.8 Å². The van der Waals surface area contributed by atoms with Gasteiger partial charge in [0, 0.05) is 5.25 Å². The fraction of sp³-hybridized carbons (Fsp3) is 0.800. The molecule has 0 radical (unpaired) electrons. The molecule has 0 saturated carbocycles. The lowest BCUT2D eigenvalue weighted by molar-refractivity contribution is -0.136. The molecule has 0 spiro atoms. The highest BCUT2D eigenvalue weighted by molar-refractivity contribution is 8.01. The molecule has 0 aliphatic heterocycles. The molecular weight excluding hydrogens is 138 g/mol. The number of carbonyl (C=O) groups is 1. The highest BCUT2D eigenvalue weighted by Gasteiger charge is 2.12. The smallest absolute Gasteiger partial charge is 0.330 e. The van der Waals surface area contributed by atoms with Gasteiger partial charge in [0.1, 0.15) is 0 Å².